The zero-order valence-electron chi connectivity index (χ0n) is 17.7. The Morgan fingerprint density at radius 3 is 2.50 bits per heavy atom. The van der Waals surface area contributed by atoms with Crippen molar-refractivity contribution in [3.63, 3.8) is 0 Å². The first-order valence-electron chi connectivity index (χ1n) is 9.32. The summed E-state index contributed by atoms with van der Waals surface area (Å²) >= 11 is 1.32. The van der Waals surface area contributed by atoms with Gasteiger partial charge in [0.2, 0.25) is 0 Å². The van der Waals surface area contributed by atoms with Crippen LogP contribution in [0.2, 0.25) is 0 Å². The fourth-order valence-electron chi connectivity index (χ4n) is 2.55. The van der Waals surface area contributed by atoms with Gasteiger partial charge in [0.1, 0.15) is 9.88 Å². The highest BCUT2D eigenvalue weighted by Crippen LogP contribution is 2.24. The van der Waals surface area contributed by atoms with Crippen LogP contribution in [0.25, 0.3) is 0 Å². The molecule has 1 atom stereocenters. The number of amides is 1. The number of rotatable bonds is 7. The number of nitrogens with one attached hydrogen (secondary N) is 3. The molecule has 2 aromatic rings. The first-order chi connectivity index (χ1) is 13.9. The normalized spacial score (nSPS) is 11.8. The lowest BCUT2D eigenvalue weighted by Gasteiger charge is -2.16. The number of ether oxygens (including phenoxy) is 1. The number of carbonyl (C=O) groups excluding carboxylic acids is 2. The van der Waals surface area contributed by atoms with Crippen LogP contribution in [0.4, 0.5) is 0 Å². The lowest BCUT2D eigenvalue weighted by atomic mass is 10.1. The summed E-state index contributed by atoms with van der Waals surface area (Å²) in [6, 6.07) is 7.21. The molecule has 1 heterocycles. The summed E-state index contributed by atoms with van der Waals surface area (Å²) in [7, 11) is 3.29. The molecule has 1 amide bonds. The summed E-state index contributed by atoms with van der Waals surface area (Å²) in [4.78, 5) is 32.8. The van der Waals surface area contributed by atoms with E-state index in [2.05, 4.69) is 25.9 Å². The molecular weight excluding hydrogens is 517 g/mol. The Kier molecular flexibility index (Phi) is 10.7. The Labute approximate surface area is 197 Å². The van der Waals surface area contributed by atoms with Crippen molar-refractivity contribution in [2.24, 2.45) is 4.99 Å². The average Bonchev–Trinajstić information content (AvgIpc) is 3.12. The zero-order valence-corrected chi connectivity index (χ0v) is 20.9. The molecule has 0 spiro atoms. The van der Waals surface area contributed by atoms with E-state index in [9.17, 15) is 9.59 Å². The van der Waals surface area contributed by atoms with Gasteiger partial charge in [-0.2, -0.15) is 0 Å². The number of benzene rings is 1. The molecule has 1 unspecified atom stereocenters. The number of hydrogen-bond acceptors (Lipinski definition) is 6. The molecule has 3 N–H and O–H groups in total. The highest BCUT2D eigenvalue weighted by atomic mass is 127. The Balaban J connectivity index is 0.00000450. The van der Waals surface area contributed by atoms with Gasteiger partial charge in [-0.3, -0.25) is 9.79 Å². The van der Waals surface area contributed by atoms with Gasteiger partial charge in [0.15, 0.2) is 5.96 Å². The number of aromatic nitrogens is 1. The van der Waals surface area contributed by atoms with E-state index in [-0.39, 0.29) is 41.9 Å². The van der Waals surface area contributed by atoms with Gasteiger partial charge in [-0.25, -0.2) is 9.78 Å². The number of carbonyl (C=O) groups is 2. The number of nitrogens with zero attached hydrogens (tertiary/aromatic N) is 2. The SMILES string of the molecule is CCOC(=O)c1sc(C(C)NC(=NC)NCc2ccc(C(=O)NC)cc2)nc1C.I. The highest BCUT2D eigenvalue weighted by molar-refractivity contribution is 14.0. The third-order valence-corrected chi connectivity index (χ3v) is 5.44. The predicted molar refractivity (Wildman–Crippen MR) is 130 cm³/mol. The number of hydrogen-bond donors (Lipinski definition) is 3. The molecule has 0 radical (unpaired) electrons. The smallest absolute Gasteiger partial charge is 0.350 e. The summed E-state index contributed by atoms with van der Waals surface area (Å²) in [5.41, 5.74) is 2.29. The van der Waals surface area contributed by atoms with Crippen LogP contribution in [-0.2, 0) is 11.3 Å². The number of guanidine groups is 1. The van der Waals surface area contributed by atoms with Crippen molar-refractivity contribution in [3.05, 3.63) is 51.0 Å². The second kappa shape index (κ2) is 12.5. The molecule has 0 fully saturated rings. The van der Waals surface area contributed by atoms with Crippen molar-refractivity contribution in [1.29, 1.82) is 0 Å². The molecule has 1 aromatic carbocycles. The van der Waals surface area contributed by atoms with Gasteiger partial charge in [-0.1, -0.05) is 12.1 Å². The van der Waals surface area contributed by atoms with Crippen molar-refractivity contribution in [2.75, 3.05) is 20.7 Å². The van der Waals surface area contributed by atoms with Crippen molar-refractivity contribution < 1.29 is 14.3 Å². The van der Waals surface area contributed by atoms with Crippen molar-refractivity contribution in [3.8, 4) is 0 Å². The lowest BCUT2D eigenvalue weighted by molar-refractivity contribution is 0.0531. The maximum absolute atomic E-state index is 12.0. The predicted octanol–water partition coefficient (Wildman–Crippen LogP) is 3.03. The number of halogens is 1. The fourth-order valence-corrected chi connectivity index (χ4v) is 3.52. The Bertz CT molecular complexity index is 883. The van der Waals surface area contributed by atoms with Crippen LogP contribution in [0.5, 0.6) is 0 Å². The standard InChI is InChI=1S/C20H27N5O3S.HI/c1-6-28-19(27)16-12(2)24-18(29-16)13(3)25-20(22-5)23-11-14-7-9-15(10-8-14)17(26)21-4;/h7-10,13H,6,11H2,1-5H3,(H,21,26)(H2,22,23,25);1H. The van der Waals surface area contributed by atoms with Gasteiger partial charge < -0.3 is 20.7 Å². The first kappa shape index (κ1) is 25.8. The van der Waals surface area contributed by atoms with Crippen LogP contribution in [0, 0.1) is 6.92 Å². The van der Waals surface area contributed by atoms with Gasteiger partial charge in [0, 0.05) is 26.2 Å². The van der Waals surface area contributed by atoms with Crippen LogP contribution in [0.1, 0.15) is 56.2 Å². The molecule has 10 heteroatoms. The van der Waals surface area contributed by atoms with E-state index in [1.165, 1.54) is 11.3 Å². The second-order valence-corrected chi connectivity index (χ2v) is 7.29. The quantitative estimate of drug-likeness (QED) is 0.214. The molecule has 30 heavy (non-hydrogen) atoms. The van der Waals surface area contributed by atoms with Crippen molar-refractivity contribution >= 4 is 53.1 Å². The molecule has 0 saturated carbocycles. The van der Waals surface area contributed by atoms with Crippen molar-refractivity contribution in [1.82, 2.24) is 20.9 Å². The third-order valence-electron chi connectivity index (χ3n) is 4.12. The molecule has 0 aliphatic carbocycles. The monoisotopic (exact) mass is 545 g/mol. The molecule has 0 saturated heterocycles. The van der Waals surface area contributed by atoms with Crippen LogP contribution in [0.15, 0.2) is 29.3 Å². The number of esters is 1. The first-order valence-corrected chi connectivity index (χ1v) is 10.1. The Hall–Kier alpha value is -2.21. The van der Waals surface area contributed by atoms with E-state index in [0.717, 1.165) is 10.6 Å². The van der Waals surface area contributed by atoms with E-state index in [4.69, 9.17) is 4.74 Å². The zero-order chi connectivity index (χ0) is 21.4. The summed E-state index contributed by atoms with van der Waals surface area (Å²) < 4.78 is 5.07. The largest absolute Gasteiger partial charge is 0.462 e. The minimum Gasteiger partial charge on any atom is -0.462 e. The summed E-state index contributed by atoms with van der Waals surface area (Å²) in [6.45, 7) is 6.42. The topological polar surface area (TPSA) is 105 Å². The van der Waals surface area contributed by atoms with Crippen molar-refractivity contribution in [2.45, 2.75) is 33.4 Å². The molecule has 2 rings (SSSR count). The van der Waals surface area contributed by atoms with E-state index >= 15 is 0 Å². The molecular formula is C20H28IN5O3S. The number of aliphatic imine (C=N–C) groups is 1. The Morgan fingerprint density at radius 2 is 1.93 bits per heavy atom. The fraction of sp³-hybridized carbons (Fsp3) is 0.400. The third kappa shape index (κ3) is 6.94. The molecule has 0 bridgehead atoms. The molecule has 0 aliphatic rings. The van der Waals surface area contributed by atoms with Gasteiger partial charge >= 0.3 is 5.97 Å². The molecule has 164 valence electrons. The minimum absolute atomic E-state index is 0. The maximum atomic E-state index is 12.0. The van der Waals surface area contributed by atoms with Crippen LogP contribution in [-0.4, -0.2) is 43.5 Å². The summed E-state index contributed by atoms with van der Waals surface area (Å²) in [5, 5.41) is 9.89. The van der Waals surface area contributed by atoms with Gasteiger partial charge in [0.25, 0.3) is 5.91 Å². The van der Waals surface area contributed by atoms with Gasteiger partial charge in [-0.05, 0) is 38.5 Å². The van der Waals surface area contributed by atoms with Gasteiger partial charge in [-0.15, -0.1) is 35.3 Å². The van der Waals surface area contributed by atoms with E-state index in [0.29, 0.717) is 35.2 Å². The molecule has 8 nitrogen and oxygen atoms in total. The average molecular weight is 545 g/mol. The van der Waals surface area contributed by atoms with E-state index < -0.39 is 0 Å². The van der Waals surface area contributed by atoms with Crippen LogP contribution in [0.3, 0.4) is 0 Å². The lowest BCUT2D eigenvalue weighted by Crippen LogP contribution is -2.38. The maximum Gasteiger partial charge on any atom is 0.350 e. The number of aryl methyl sites for hydroxylation is 1. The second-order valence-electron chi connectivity index (χ2n) is 6.25. The summed E-state index contributed by atoms with van der Waals surface area (Å²) in [6.07, 6.45) is 0. The minimum atomic E-state index is -0.344. The van der Waals surface area contributed by atoms with E-state index in [1.54, 1.807) is 40.1 Å². The summed E-state index contributed by atoms with van der Waals surface area (Å²) in [5.74, 6) is 0.152. The Morgan fingerprint density at radius 1 is 1.27 bits per heavy atom. The molecule has 1 aromatic heterocycles. The number of thiazole rings is 1. The molecule has 0 aliphatic heterocycles. The van der Waals surface area contributed by atoms with Crippen LogP contribution < -0.4 is 16.0 Å². The van der Waals surface area contributed by atoms with Gasteiger partial charge in [0.05, 0.1) is 18.3 Å². The van der Waals surface area contributed by atoms with E-state index in [1.807, 2.05) is 19.1 Å². The highest BCUT2D eigenvalue weighted by Gasteiger charge is 2.20. The van der Waals surface area contributed by atoms with Crippen LogP contribution >= 0.6 is 35.3 Å².